The second-order valence-corrected chi connectivity index (χ2v) is 5.90. The van der Waals surface area contributed by atoms with Crippen molar-refractivity contribution in [1.29, 1.82) is 0 Å². The van der Waals surface area contributed by atoms with E-state index in [9.17, 15) is 9.18 Å². The van der Waals surface area contributed by atoms with Gasteiger partial charge in [-0.05, 0) is 55.5 Å². The lowest BCUT2D eigenvalue weighted by atomic mass is 9.96. The molecule has 1 amide bonds. The molecule has 0 radical (unpaired) electrons. The second-order valence-electron chi connectivity index (χ2n) is 4.99. The number of amides is 1. The molecular weight excluding hydrogens is 337 g/mol. The third-order valence-corrected chi connectivity index (χ3v) is 3.97. The molecule has 1 aliphatic carbocycles. The van der Waals surface area contributed by atoms with Gasteiger partial charge in [-0.2, -0.15) is 5.10 Å². The molecule has 1 aromatic carbocycles. The highest BCUT2D eigenvalue weighted by molar-refractivity contribution is 9.10. The van der Waals surface area contributed by atoms with E-state index in [4.69, 9.17) is 0 Å². The zero-order chi connectivity index (χ0) is 14.8. The molecule has 1 aromatic heterocycles. The Kier molecular flexibility index (Phi) is 3.96. The van der Waals surface area contributed by atoms with E-state index in [1.165, 1.54) is 12.1 Å². The van der Waals surface area contributed by atoms with Crippen LogP contribution in [0.4, 0.5) is 10.1 Å². The van der Waals surface area contributed by atoms with E-state index in [1.54, 1.807) is 12.1 Å². The molecule has 1 N–H and O–H groups in total. The van der Waals surface area contributed by atoms with Gasteiger partial charge in [0.25, 0.3) is 5.91 Å². The van der Waals surface area contributed by atoms with E-state index in [2.05, 4.69) is 31.4 Å². The average Bonchev–Trinajstić information content (AvgIpc) is 2.49. The van der Waals surface area contributed by atoms with Gasteiger partial charge in [-0.3, -0.25) is 4.79 Å². The molecule has 0 unspecified atom stereocenters. The summed E-state index contributed by atoms with van der Waals surface area (Å²) in [5.74, 6) is -0.944. The van der Waals surface area contributed by atoms with Crippen LogP contribution in [0.2, 0.25) is 0 Å². The summed E-state index contributed by atoms with van der Waals surface area (Å²) >= 11 is 3.17. The molecule has 2 aromatic rings. The molecule has 21 heavy (non-hydrogen) atoms. The van der Waals surface area contributed by atoms with Gasteiger partial charge in [-0.15, -0.1) is 5.10 Å². The summed E-state index contributed by atoms with van der Waals surface area (Å²) in [5.41, 5.74) is 2.38. The first-order valence-corrected chi connectivity index (χ1v) is 7.54. The van der Waals surface area contributed by atoms with Crippen molar-refractivity contribution in [3.8, 4) is 0 Å². The van der Waals surface area contributed by atoms with E-state index >= 15 is 0 Å². The number of hydrogen-bond donors (Lipinski definition) is 1. The highest BCUT2D eigenvalue weighted by atomic mass is 79.9. The highest BCUT2D eigenvalue weighted by Crippen LogP contribution is 2.21. The molecule has 0 bridgehead atoms. The molecule has 108 valence electrons. The van der Waals surface area contributed by atoms with Crippen molar-refractivity contribution in [1.82, 2.24) is 10.2 Å². The molecule has 0 saturated carbocycles. The monoisotopic (exact) mass is 349 g/mol. The molecule has 0 spiro atoms. The number of halogens is 2. The predicted molar refractivity (Wildman–Crippen MR) is 80.7 cm³/mol. The van der Waals surface area contributed by atoms with Crippen LogP contribution in [0.5, 0.6) is 0 Å². The van der Waals surface area contributed by atoms with Crippen molar-refractivity contribution < 1.29 is 9.18 Å². The summed E-state index contributed by atoms with van der Waals surface area (Å²) in [4.78, 5) is 12.1. The number of carbonyl (C=O) groups excluding carboxylic acids is 1. The number of anilines is 1. The second kappa shape index (κ2) is 5.89. The lowest BCUT2D eigenvalue weighted by Gasteiger charge is -2.14. The quantitative estimate of drug-likeness (QED) is 0.902. The van der Waals surface area contributed by atoms with E-state index < -0.39 is 11.7 Å². The van der Waals surface area contributed by atoms with Crippen LogP contribution >= 0.6 is 15.9 Å². The van der Waals surface area contributed by atoms with Crippen LogP contribution in [0.15, 0.2) is 28.7 Å². The fourth-order valence-corrected chi connectivity index (χ4v) is 2.71. The Labute approximate surface area is 129 Å². The van der Waals surface area contributed by atoms with Crippen LogP contribution in [0, 0.1) is 5.82 Å². The summed E-state index contributed by atoms with van der Waals surface area (Å²) in [6.45, 7) is 0. The van der Waals surface area contributed by atoms with Crippen LogP contribution in [-0.4, -0.2) is 16.1 Å². The number of rotatable bonds is 2. The van der Waals surface area contributed by atoms with Crippen LogP contribution in [-0.2, 0) is 12.8 Å². The molecule has 4 nitrogen and oxygen atoms in total. The molecule has 1 aliphatic rings. The molecule has 0 saturated heterocycles. The fraction of sp³-hybridized carbons (Fsp3) is 0.267. The van der Waals surface area contributed by atoms with Crippen LogP contribution < -0.4 is 5.32 Å². The Morgan fingerprint density at radius 2 is 2.00 bits per heavy atom. The number of nitrogens with one attached hydrogen (secondary N) is 1. The third kappa shape index (κ3) is 3.10. The van der Waals surface area contributed by atoms with Crippen molar-refractivity contribution >= 4 is 27.5 Å². The number of nitrogens with zero attached hydrogens (tertiary/aromatic N) is 2. The minimum Gasteiger partial charge on any atom is -0.318 e. The van der Waals surface area contributed by atoms with Gasteiger partial charge in [0.15, 0.2) is 5.69 Å². The van der Waals surface area contributed by atoms with Crippen molar-refractivity contribution in [2.75, 3.05) is 5.32 Å². The third-order valence-electron chi connectivity index (χ3n) is 3.48. The Morgan fingerprint density at radius 3 is 2.81 bits per heavy atom. The topological polar surface area (TPSA) is 54.9 Å². The van der Waals surface area contributed by atoms with Crippen molar-refractivity contribution in [3.63, 3.8) is 0 Å². The van der Waals surface area contributed by atoms with Crippen molar-refractivity contribution in [3.05, 3.63) is 51.5 Å². The zero-order valence-corrected chi connectivity index (χ0v) is 12.8. The van der Waals surface area contributed by atoms with Crippen molar-refractivity contribution in [2.45, 2.75) is 25.7 Å². The Hall–Kier alpha value is -1.82. The smallest absolute Gasteiger partial charge is 0.276 e. The number of carbonyl (C=O) groups is 1. The molecule has 0 atom stereocenters. The fourth-order valence-electron chi connectivity index (χ4n) is 2.38. The van der Waals surface area contributed by atoms with Gasteiger partial charge in [0.2, 0.25) is 0 Å². The lowest BCUT2D eigenvalue weighted by Crippen LogP contribution is -2.18. The zero-order valence-electron chi connectivity index (χ0n) is 11.2. The van der Waals surface area contributed by atoms with Crippen LogP contribution in [0.25, 0.3) is 0 Å². The van der Waals surface area contributed by atoms with Crippen LogP contribution in [0.3, 0.4) is 0 Å². The van der Waals surface area contributed by atoms with E-state index in [1.807, 2.05) is 0 Å². The maximum atomic E-state index is 13.7. The Bertz CT molecular complexity index is 705. The number of aryl methyl sites for hydroxylation is 2. The van der Waals surface area contributed by atoms with Crippen LogP contribution in [0.1, 0.15) is 34.6 Å². The number of benzene rings is 1. The number of fused-ring (bicyclic) bond motifs is 1. The minimum absolute atomic E-state index is 0.128. The van der Waals surface area contributed by atoms with Gasteiger partial charge in [-0.1, -0.05) is 15.9 Å². The molecule has 0 aliphatic heterocycles. The Balaban J connectivity index is 1.82. The van der Waals surface area contributed by atoms with Gasteiger partial charge >= 0.3 is 0 Å². The Morgan fingerprint density at radius 1 is 1.19 bits per heavy atom. The molecule has 0 fully saturated rings. The van der Waals surface area contributed by atoms with Gasteiger partial charge in [0, 0.05) is 4.47 Å². The highest BCUT2D eigenvalue weighted by Gasteiger charge is 2.16. The normalized spacial score (nSPS) is 13.6. The van der Waals surface area contributed by atoms with E-state index in [0.29, 0.717) is 4.47 Å². The van der Waals surface area contributed by atoms with E-state index in [0.717, 1.165) is 36.9 Å². The first-order valence-electron chi connectivity index (χ1n) is 6.75. The standard InChI is InChI=1S/C15H13BrFN3O/c16-10-5-6-13(11(17)8-10)18-15(21)14-7-9-3-1-2-4-12(9)19-20-14/h5-8H,1-4H2,(H,18,21). The molecule has 6 heteroatoms. The summed E-state index contributed by atoms with van der Waals surface area (Å²) in [6, 6.07) is 6.22. The van der Waals surface area contributed by atoms with Gasteiger partial charge in [0.1, 0.15) is 5.82 Å². The summed E-state index contributed by atoms with van der Waals surface area (Å²) in [7, 11) is 0. The summed E-state index contributed by atoms with van der Waals surface area (Å²) < 4.78 is 14.3. The van der Waals surface area contributed by atoms with Gasteiger partial charge in [0.05, 0.1) is 11.4 Å². The van der Waals surface area contributed by atoms with Crippen molar-refractivity contribution in [2.24, 2.45) is 0 Å². The number of aromatic nitrogens is 2. The summed E-state index contributed by atoms with van der Waals surface area (Å²) in [6.07, 6.45) is 4.03. The number of hydrogen-bond acceptors (Lipinski definition) is 3. The molecular formula is C15H13BrFN3O. The predicted octanol–water partition coefficient (Wildman–Crippen LogP) is 3.51. The lowest BCUT2D eigenvalue weighted by molar-refractivity contribution is 0.102. The molecule has 3 rings (SSSR count). The minimum atomic E-state index is -0.497. The first-order chi connectivity index (χ1) is 10.1. The molecule has 1 heterocycles. The summed E-state index contributed by atoms with van der Waals surface area (Å²) in [5, 5.41) is 10.6. The van der Waals surface area contributed by atoms with E-state index in [-0.39, 0.29) is 11.4 Å². The van der Waals surface area contributed by atoms with Gasteiger partial charge < -0.3 is 5.32 Å². The average molecular weight is 350 g/mol. The van der Waals surface area contributed by atoms with Gasteiger partial charge in [-0.25, -0.2) is 4.39 Å². The maximum absolute atomic E-state index is 13.7. The largest absolute Gasteiger partial charge is 0.318 e. The SMILES string of the molecule is O=C(Nc1ccc(Br)cc1F)c1cc2c(nn1)CCCC2. The first kappa shape index (κ1) is 14.1. The maximum Gasteiger partial charge on any atom is 0.276 e.